The van der Waals surface area contributed by atoms with Crippen LogP contribution in [0.1, 0.15) is 0 Å². The zero-order chi connectivity index (χ0) is 15.5. The van der Waals surface area contributed by atoms with Crippen LogP contribution in [0.25, 0.3) is 0 Å². The molecule has 0 atom stereocenters. The fourth-order valence-electron chi connectivity index (χ4n) is 2.30. The lowest BCUT2D eigenvalue weighted by molar-refractivity contribution is 1.75. The van der Waals surface area contributed by atoms with Crippen molar-refractivity contribution < 1.29 is 0 Å². The lowest BCUT2D eigenvalue weighted by Gasteiger charge is -2.19. The molecule has 0 bridgehead atoms. The van der Waals surface area contributed by atoms with Crippen LogP contribution in [0.4, 0.5) is 0 Å². The maximum Gasteiger partial charge on any atom is 0.0700 e. The smallest absolute Gasteiger partial charge is 0.0700 e. The summed E-state index contributed by atoms with van der Waals surface area (Å²) in [5, 5.41) is 9.54. The van der Waals surface area contributed by atoms with Crippen LogP contribution in [-0.4, -0.2) is 0 Å². The van der Waals surface area contributed by atoms with Crippen molar-refractivity contribution in [2.24, 2.45) is 0 Å². The maximum absolute atomic E-state index is 2.36. The zero-order valence-corrected chi connectivity index (χ0v) is 16.2. The Kier molecular flexibility index (Phi) is 5.27. The Labute approximate surface area is 155 Å². The minimum atomic E-state index is -0.463. The van der Waals surface area contributed by atoms with Gasteiger partial charge in [0.05, 0.1) is 8.47 Å². The van der Waals surface area contributed by atoms with E-state index in [9.17, 15) is 0 Å². The molecule has 2 aliphatic rings. The van der Waals surface area contributed by atoms with E-state index in [4.69, 9.17) is 0 Å². The SMILES string of the molecule is C1=CSC(=C2SC=C(P(c3ccccc3)c3ccccc3)S2)S1. The van der Waals surface area contributed by atoms with E-state index in [2.05, 4.69) is 76.9 Å². The first-order valence-electron chi connectivity index (χ1n) is 7.09. The van der Waals surface area contributed by atoms with Crippen LogP contribution in [0.15, 0.2) is 90.0 Å². The molecule has 0 aliphatic carbocycles. The molecule has 23 heavy (non-hydrogen) atoms. The summed E-state index contributed by atoms with van der Waals surface area (Å²) >= 11 is 7.52. The summed E-state index contributed by atoms with van der Waals surface area (Å²) in [7, 11) is -0.463. The first kappa shape index (κ1) is 16.0. The maximum atomic E-state index is 2.36. The molecule has 0 spiro atoms. The predicted octanol–water partition coefficient (Wildman–Crippen LogP) is 6.48. The van der Waals surface area contributed by atoms with Gasteiger partial charge < -0.3 is 0 Å². The quantitative estimate of drug-likeness (QED) is 0.552. The molecule has 114 valence electrons. The van der Waals surface area contributed by atoms with E-state index in [1.807, 2.05) is 47.0 Å². The normalized spacial score (nSPS) is 17.2. The second kappa shape index (κ2) is 7.58. The third kappa shape index (κ3) is 3.62. The zero-order valence-electron chi connectivity index (χ0n) is 12.1. The lowest BCUT2D eigenvalue weighted by Crippen LogP contribution is -2.11. The van der Waals surface area contributed by atoms with E-state index >= 15 is 0 Å². The Morgan fingerprint density at radius 3 is 1.74 bits per heavy atom. The van der Waals surface area contributed by atoms with E-state index in [0.717, 1.165) is 0 Å². The van der Waals surface area contributed by atoms with Gasteiger partial charge >= 0.3 is 0 Å². The molecule has 0 radical (unpaired) electrons. The van der Waals surface area contributed by atoms with Gasteiger partial charge in [0.2, 0.25) is 0 Å². The molecule has 0 aromatic heterocycles. The fraction of sp³-hybridized carbons (Fsp3) is 0. The molecule has 2 aliphatic heterocycles. The summed E-state index contributed by atoms with van der Waals surface area (Å²) < 4.78 is 4.33. The molecule has 5 heteroatoms. The fourth-order valence-corrected chi connectivity index (χ4v) is 10.2. The first-order chi connectivity index (χ1) is 11.4. The van der Waals surface area contributed by atoms with Crippen LogP contribution in [0, 0.1) is 0 Å². The minimum absolute atomic E-state index is 0.463. The average molecular weight is 389 g/mol. The predicted molar refractivity (Wildman–Crippen MR) is 114 cm³/mol. The summed E-state index contributed by atoms with van der Waals surface area (Å²) in [6.07, 6.45) is 0. The largest absolute Gasteiger partial charge is 0.0884 e. The molecule has 0 fully saturated rings. The minimum Gasteiger partial charge on any atom is -0.0884 e. The second-order valence-electron chi connectivity index (χ2n) is 4.77. The van der Waals surface area contributed by atoms with Crippen LogP contribution in [-0.2, 0) is 0 Å². The number of hydrogen-bond donors (Lipinski definition) is 0. The standard InChI is InChI=1S/C18H13PS4/c1-3-7-14(8-4-1)19(15-9-5-2-6-10-15)16-13-22-18(23-16)17-20-11-12-21-17/h1-13H. The van der Waals surface area contributed by atoms with Gasteiger partial charge in [0.1, 0.15) is 0 Å². The van der Waals surface area contributed by atoms with E-state index in [0.29, 0.717) is 0 Å². The molecule has 0 saturated carbocycles. The number of hydrogen-bond acceptors (Lipinski definition) is 4. The number of rotatable bonds is 3. The molecule has 2 heterocycles. The van der Waals surface area contributed by atoms with Crippen LogP contribution in [0.5, 0.6) is 0 Å². The number of benzene rings is 2. The van der Waals surface area contributed by atoms with E-state index in [-0.39, 0.29) is 0 Å². The summed E-state index contributed by atoms with van der Waals surface area (Å²) in [6.45, 7) is 0. The van der Waals surface area contributed by atoms with Crippen molar-refractivity contribution in [1.29, 1.82) is 0 Å². The average Bonchev–Trinajstić information content (AvgIpc) is 3.29. The van der Waals surface area contributed by atoms with Gasteiger partial charge in [-0.05, 0) is 34.8 Å². The Morgan fingerprint density at radius 1 is 0.609 bits per heavy atom. The van der Waals surface area contributed by atoms with Gasteiger partial charge in [-0.2, -0.15) is 0 Å². The van der Waals surface area contributed by atoms with Gasteiger partial charge in [-0.1, -0.05) is 108 Å². The van der Waals surface area contributed by atoms with Gasteiger partial charge in [0.25, 0.3) is 0 Å². The molecule has 2 aromatic rings. The first-order valence-corrected chi connectivity index (χ1v) is 11.9. The molecular weight excluding hydrogens is 375 g/mol. The highest BCUT2D eigenvalue weighted by Crippen LogP contribution is 2.61. The van der Waals surface area contributed by atoms with Crippen molar-refractivity contribution in [3.05, 3.63) is 90.0 Å². The number of thioether (sulfide) groups is 4. The highest BCUT2D eigenvalue weighted by atomic mass is 32.2. The van der Waals surface area contributed by atoms with Crippen molar-refractivity contribution in [1.82, 2.24) is 0 Å². The van der Waals surface area contributed by atoms with Crippen molar-refractivity contribution in [3.8, 4) is 0 Å². The van der Waals surface area contributed by atoms with Gasteiger partial charge in [-0.25, -0.2) is 0 Å². The molecular formula is C18H13PS4. The van der Waals surface area contributed by atoms with Crippen molar-refractivity contribution in [2.45, 2.75) is 0 Å². The summed E-state index contributed by atoms with van der Waals surface area (Å²) in [4.78, 5) is 0. The topological polar surface area (TPSA) is 0 Å². The van der Waals surface area contributed by atoms with Gasteiger partial charge in [0, 0.05) is 4.65 Å². The highest BCUT2D eigenvalue weighted by molar-refractivity contribution is 8.35. The summed E-state index contributed by atoms with van der Waals surface area (Å²) in [5.41, 5.74) is 0. The van der Waals surface area contributed by atoms with Crippen LogP contribution in [0.2, 0.25) is 0 Å². The molecule has 0 unspecified atom stereocenters. The van der Waals surface area contributed by atoms with Crippen molar-refractivity contribution in [3.63, 3.8) is 0 Å². The summed E-state index contributed by atoms with van der Waals surface area (Å²) in [5.74, 6) is 0. The lowest BCUT2D eigenvalue weighted by atomic mass is 10.4. The summed E-state index contributed by atoms with van der Waals surface area (Å²) in [6, 6.07) is 21.8. The monoisotopic (exact) mass is 388 g/mol. The van der Waals surface area contributed by atoms with Crippen LogP contribution in [0.3, 0.4) is 0 Å². The van der Waals surface area contributed by atoms with Gasteiger partial charge in [-0.15, -0.1) is 0 Å². The Balaban J connectivity index is 1.68. The molecule has 2 aromatic carbocycles. The third-order valence-electron chi connectivity index (χ3n) is 3.29. The third-order valence-corrected chi connectivity index (χ3v) is 11.3. The molecule has 0 saturated heterocycles. The van der Waals surface area contributed by atoms with Crippen molar-refractivity contribution in [2.75, 3.05) is 0 Å². The van der Waals surface area contributed by atoms with E-state index in [1.54, 1.807) is 0 Å². The van der Waals surface area contributed by atoms with Gasteiger partial charge in [0.15, 0.2) is 0 Å². The molecule has 0 N–H and O–H groups in total. The molecule has 0 amide bonds. The second-order valence-corrected chi connectivity index (χ2v) is 11.5. The van der Waals surface area contributed by atoms with Gasteiger partial charge in [-0.3, -0.25) is 0 Å². The van der Waals surface area contributed by atoms with E-state index in [1.165, 1.54) is 23.7 Å². The Hall–Kier alpha value is -0.510. The molecule has 4 rings (SSSR count). The van der Waals surface area contributed by atoms with Crippen molar-refractivity contribution >= 4 is 65.6 Å². The van der Waals surface area contributed by atoms with E-state index < -0.39 is 7.92 Å². The van der Waals surface area contributed by atoms with Crippen LogP contribution >= 0.6 is 55.0 Å². The molecule has 0 nitrogen and oxygen atoms in total. The Morgan fingerprint density at radius 2 is 1.17 bits per heavy atom. The Bertz CT molecular complexity index is 732. The highest BCUT2D eigenvalue weighted by Gasteiger charge is 2.26. The van der Waals surface area contributed by atoms with Crippen LogP contribution < -0.4 is 10.6 Å².